The molecule has 21 heavy (non-hydrogen) atoms. The summed E-state index contributed by atoms with van der Waals surface area (Å²) in [4.78, 5) is 13.9. The molecule has 3 nitrogen and oxygen atoms in total. The first-order chi connectivity index (χ1) is 10.0. The van der Waals surface area contributed by atoms with Crippen LogP contribution in [0, 0.1) is 9.39 Å². The second-order valence-corrected chi connectivity index (χ2v) is 5.99. The number of nitrogens with one attached hydrogen (secondary N) is 1. The Bertz CT molecular complexity index is 616. The van der Waals surface area contributed by atoms with Crippen LogP contribution < -0.4 is 5.32 Å². The van der Waals surface area contributed by atoms with Crippen molar-refractivity contribution in [3.63, 3.8) is 0 Å². The average molecular weight is 398 g/mol. The molecule has 2 aromatic carbocycles. The van der Waals surface area contributed by atoms with Gasteiger partial charge in [-0.15, -0.1) is 0 Å². The van der Waals surface area contributed by atoms with Gasteiger partial charge in [-0.3, -0.25) is 9.69 Å². The van der Waals surface area contributed by atoms with Crippen molar-refractivity contribution in [3.8, 4) is 0 Å². The molecule has 1 N–H and O–H groups in total. The van der Waals surface area contributed by atoms with E-state index >= 15 is 0 Å². The molecular weight excluding hydrogens is 382 g/mol. The van der Waals surface area contributed by atoms with E-state index in [0.717, 1.165) is 14.8 Å². The van der Waals surface area contributed by atoms with Crippen LogP contribution in [0.15, 0.2) is 48.5 Å². The Labute approximate surface area is 137 Å². The van der Waals surface area contributed by atoms with E-state index in [1.165, 1.54) is 12.1 Å². The molecule has 5 heteroatoms. The standard InChI is InChI=1S/C16H16FIN2O/c1-20(10-12-6-8-13(17)9-7-12)11-16(21)19-15-5-3-2-4-14(15)18/h2-9H,10-11H2,1H3,(H,19,21). The smallest absolute Gasteiger partial charge is 0.238 e. The Morgan fingerprint density at radius 3 is 2.52 bits per heavy atom. The third-order valence-electron chi connectivity index (χ3n) is 2.93. The molecule has 0 unspecified atom stereocenters. The number of rotatable bonds is 5. The number of carbonyl (C=O) groups is 1. The molecule has 0 aliphatic carbocycles. The summed E-state index contributed by atoms with van der Waals surface area (Å²) in [6, 6.07) is 13.9. The van der Waals surface area contributed by atoms with Crippen LogP contribution in [0.5, 0.6) is 0 Å². The van der Waals surface area contributed by atoms with Crippen LogP contribution in [-0.2, 0) is 11.3 Å². The van der Waals surface area contributed by atoms with Gasteiger partial charge in [-0.25, -0.2) is 4.39 Å². The molecule has 1 amide bonds. The van der Waals surface area contributed by atoms with Gasteiger partial charge in [0.1, 0.15) is 5.82 Å². The Balaban J connectivity index is 1.87. The van der Waals surface area contributed by atoms with Gasteiger partial charge < -0.3 is 5.32 Å². The molecule has 0 saturated carbocycles. The highest BCUT2D eigenvalue weighted by molar-refractivity contribution is 14.1. The second-order valence-electron chi connectivity index (χ2n) is 4.83. The van der Waals surface area contributed by atoms with Crippen LogP contribution in [0.25, 0.3) is 0 Å². The van der Waals surface area contributed by atoms with E-state index < -0.39 is 0 Å². The number of likely N-dealkylation sites (N-methyl/N-ethyl adjacent to an activating group) is 1. The van der Waals surface area contributed by atoms with Gasteiger partial charge >= 0.3 is 0 Å². The van der Waals surface area contributed by atoms with Crippen molar-refractivity contribution < 1.29 is 9.18 Å². The largest absolute Gasteiger partial charge is 0.324 e. The highest BCUT2D eigenvalue weighted by Gasteiger charge is 2.09. The van der Waals surface area contributed by atoms with E-state index in [2.05, 4.69) is 27.9 Å². The predicted octanol–water partition coefficient (Wildman–Crippen LogP) is 3.50. The fourth-order valence-electron chi connectivity index (χ4n) is 1.95. The van der Waals surface area contributed by atoms with Gasteiger partial charge in [0.25, 0.3) is 0 Å². The summed E-state index contributed by atoms with van der Waals surface area (Å²) >= 11 is 2.19. The lowest BCUT2D eigenvalue weighted by Gasteiger charge is -2.16. The zero-order valence-corrected chi connectivity index (χ0v) is 13.8. The van der Waals surface area contributed by atoms with Gasteiger partial charge in [0.05, 0.1) is 12.2 Å². The molecular formula is C16H16FIN2O. The normalized spacial score (nSPS) is 10.7. The lowest BCUT2D eigenvalue weighted by atomic mass is 10.2. The number of carbonyl (C=O) groups excluding carboxylic acids is 1. The topological polar surface area (TPSA) is 32.3 Å². The third-order valence-corrected chi connectivity index (χ3v) is 3.87. The number of anilines is 1. The molecule has 0 aliphatic heterocycles. The van der Waals surface area contributed by atoms with Gasteiger partial charge in [-0.2, -0.15) is 0 Å². The van der Waals surface area contributed by atoms with E-state index in [1.54, 1.807) is 12.1 Å². The summed E-state index contributed by atoms with van der Waals surface area (Å²) in [7, 11) is 1.86. The van der Waals surface area contributed by atoms with E-state index in [-0.39, 0.29) is 18.3 Å². The van der Waals surface area contributed by atoms with E-state index in [9.17, 15) is 9.18 Å². The number of amides is 1. The first kappa shape index (κ1) is 15.9. The molecule has 0 radical (unpaired) electrons. The SMILES string of the molecule is CN(CC(=O)Nc1ccccc1I)Cc1ccc(F)cc1. The summed E-state index contributed by atoms with van der Waals surface area (Å²) in [6.45, 7) is 0.877. The van der Waals surface area contributed by atoms with Crippen molar-refractivity contribution in [1.82, 2.24) is 4.90 Å². The fraction of sp³-hybridized carbons (Fsp3) is 0.188. The summed E-state index contributed by atoms with van der Waals surface area (Å²) in [5, 5.41) is 2.89. The maximum atomic E-state index is 12.8. The number of benzene rings is 2. The zero-order chi connectivity index (χ0) is 15.2. The monoisotopic (exact) mass is 398 g/mol. The quantitative estimate of drug-likeness (QED) is 0.783. The van der Waals surface area contributed by atoms with Gasteiger partial charge in [-0.05, 0) is 59.5 Å². The fourth-order valence-corrected chi connectivity index (χ4v) is 2.48. The average Bonchev–Trinajstić information content (AvgIpc) is 2.44. The molecule has 0 saturated heterocycles. The lowest BCUT2D eigenvalue weighted by molar-refractivity contribution is -0.117. The minimum atomic E-state index is -0.252. The highest BCUT2D eigenvalue weighted by Crippen LogP contribution is 2.16. The van der Waals surface area contributed by atoms with Crippen LogP contribution in [-0.4, -0.2) is 24.4 Å². The van der Waals surface area contributed by atoms with Crippen molar-refractivity contribution in [2.45, 2.75) is 6.54 Å². The van der Waals surface area contributed by atoms with Crippen molar-refractivity contribution in [1.29, 1.82) is 0 Å². The first-order valence-corrected chi connectivity index (χ1v) is 7.60. The number of nitrogens with zero attached hydrogens (tertiary/aromatic N) is 1. The van der Waals surface area contributed by atoms with Crippen LogP contribution in [0.4, 0.5) is 10.1 Å². The minimum Gasteiger partial charge on any atom is -0.324 e. The predicted molar refractivity (Wildman–Crippen MR) is 90.5 cm³/mol. The van der Waals surface area contributed by atoms with Crippen molar-refractivity contribution in [2.75, 3.05) is 18.9 Å². The molecule has 2 rings (SSSR count). The lowest BCUT2D eigenvalue weighted by Crippen LogP contribution is -2.30. The second kappa shape index (κ2) is 7.51. The number of hydrogen-bond acceptors (Lipinski definition) is 2. The Kier molecular flexibility index (Phi) is 5.69. The highest BCUT2D eigenvalue weighted by atomic mass is 127. The van der Waals surface area contributed by atoms with Crippen LogP contribution in [0.2, 0.25) is 0 Å². The van der Waals surface area contributed by atoms with E-state index in [4.69, 9.17) is 0 Å². The van der Waals surface area contributed by atoms with Gasteiger partial charge in [0.2, 0.25) is 5.91 Å². The Morgan fingerprint density at radius 1 is 1.19 bits per heavy atom. The summed E-state index contributed by atoms with van der Waals surface area (Å²) in [5.74, 6) is -0.318. The minimum absolute atomic E-state index is 0.0660. The van der Waals surface area contributed by atoms with Gasteiger partial charge in [0.15, 0.2) is 0 Å². The maximum Gasteiger partial charge on any atom is 0.238 e. The Morgan fingerprint density at radius 2 is 1.86 bits per heavy atom. The summed E-state index contributed by atoms with van der Waals surface area (Å²) < 4.78 is 13.8. The molecule has 0 bridgehead atoms. The van der Waals surface area contributed by atoms with Crippen molar-refractivity contribution >= 4 is 34.2 Å². The van der Waals surface area contributed by atoms with Crippen molar-refractivity contribution in [2.24, 2.45) is 0 Å². The molecule has 0 atom stereocenters. The first-order valence-electron chi connectivity index (χ1n) is 6.52. The summed E-state index contributed by atoms with van der Waals surface area (Å²) in [6.07, 6.45) is 0. The van der Waals surface area contributed by atoms with E-state index in [0.29, 0.717) is 6.54 Å². The molecule has 2 aromatic rings. The molecule has 0 aliphatic rings. The van der Waals surface area contributed by atoms with Crippen LogP contribution in [0.3, 0.4) is 0 Å². The number of hydrogen-bond donors (Lipinski definition) is 1. The summed E-state index contributed by atoms with van der Waals surface area (Å²) in [5.41, 5.74) is 1.79. The zero-order valence-electron chi connectivity index (χ0n) is 11.6. The number of para-hydroxylation sites is 1. The van der Waals surface area contributed by atoms with Gasteiger partial charge in [-0.1, -0.05) is 24.3 Å². The maximum absolute atomic E-state index is 12.8. The molecule has 0 fully saturated rings. The molecule has 0 heterocycles. The van der Waals surface area contributed by atoms with Crippen LogP contribution >= 0.6 is 22.6 Å². The molecule has 0 spiro atoms. The Hall–Kier alpha value is -1.47. The van der Waals surface area contributed by atoms with Crippen LogP contribution in [0.1, 0.15) is 5.56 Å². The van der Waals surface area contributed by atoms with Crippen molar-refractivity contribution in [3.05, 3.63) is 63.5 Å². The van der Waals surface area contributed by atoms with Gasteiger partial charge in [0, 0.05) is 10.1 Å². The molecule has 0 aromatic heterocycles. The third kappa shape index (κ3) is 5.09. The van der Waals surface area contributed by atoms with E-state index in [1.807, 2.05) is 36.2 Å². The molecule has 110 valence electrons. The number of halogens is 2.